The molecule has 3 aromatic rings. The molecule has 0 atom stereocenters. The van der Waals surface area contributed by atoms with Crippen molar-refractivity contribution in [3.63, 3.8) is 0 Å². The van der Waals surface area contributed by atoms with Gasteiger partial charge in [0.15, 0.2) is 0 Å². The van der Waals surface area contributed by atoms with Crippen LogP contribution < -0.4 is 0 Å². The molecule has 1 aliphatic rings. The number of piperazine rings is 1. The van der Waals surface area contributed by atoms with Crippen LogP contribution in [0.5, 0.6) is 0 Å². The first-order valence-electron chi connectivity index (χ1n) is 9.80. The summed E-state index contributed by atoms with van der Waals surface area (Å²) in [6, 6.07) is 16.1. The minimum Gasteiger partial charge on any atom is -0.465 e. The lowest BCUT2D eigenvalue weighted by molar-refractivity contribution is -0.149. The number of amides is 2. The van der Waals surface area contributed by atoms with Crippen molar-refractivity contribution in [2.45, 2.75) is 11.3 Å². The number of hydrogen-bond donors (Lipinski definition) is 0. The van der Waals surface area contributed by atoms with Crippen molar-refractivity contribution in [3.8, 4) is 0 Å². The lowest BCUT2D eigenvalue weighted by Gasteiger charge is -2.32. The summed E-state index contributed by atoms with van der Waals surface area (Å²) in [5.41, 5.74) is 0.968. The van der Waals surface area contributed by atoms with Gasteiger partial charge in [0.2, 0.25) is 21.8 Å². The second-order valence-electron chi connectivity index (χ2n) is 7.20. The van der Waals surface area contributed by atoms with Crippen LogP contribution in [0.4, 0.5) is 0 Å². The Hall–Kier alpha value is -3.08. The predicted molar refractivity (Wildman–Crippen MR) is 119 cm³/mol. The SMILES string of the molecule is COC(=O)c1sc2ccccc2c1S(=O)(=O)N1CC(=O)N(CCc2ccccc2)C(=O)C1. The van der Waals surface area contributed by atoms with E-state index in [1.807, 2.05) is 30.3 Å². The molecular formula is C22H20N2O6S2. The van der Waals surface area contributed by atoms with Gasteiger partial charge in [-0.1, -0.05) is 48.5 Å². The van der Waals surface area contributed by atoms with Crippen LogP contribution in [0.2, 0.25) is 0 Å². The fourth-order valence-corrected chi connectivity index (χ4v) is 6.72. The van der Waals surface area contributed by atoms with Gasteiger partial charge in [0.25, 0.3) is 0 Å². The molecule has 0 N–H and O–H groups in total. The average molecular weight is 473 g/mol. The zero-order valence-corrected chi connectivity index (χ0v) is 18.8. The molecule has 0 aliphatic carbocycles. The van der Waals surface area contributed by atoms with Crippen LogP contribution in [0, 0.1) is 0 Å². The maximum atomic E-state index is 13.5. The van der Waals surface area contributed by atoms with E-state index in [9.17, 15) is 22.8 Å². The minimum absolute atomic E-state index is 0.0832. The van der Waals surface area contributed by atoms with E-state index in [0.717, 1.165) is 26.1 Å². The number of sulfonamides is 1. The molecular weight excluding hydrogens is 452 g/mol. The summed E-state index contributed by atoms with van der Waals surface area (Å²) < 4.78 is 33.2. The molecule has 0 saturated carbocycles. The van der Waals surface area contributed by atoms with E-state index < -0.39 is 40.9 Å². The third-order valence-corrected chi connectivity index (χ3v) is 8.37. The van der Waals surface area contributed by atoms with Crippen LogP contribution in [-0.2, 0) is 30.8 Å². The van der Waals surface area contributed by atoms with E-state index in [1.54, 1.807) is 24.3 Å². The Morgan fingerprint density at radius 1 is 1.00 bits per heavy atom. The molecule has 166 valence electrons. The maximum Gasteiger partial charge on any atom is 0.349 e. The molecule has 2 heterocycles. The van der Waals surface area contributed by atoms with Gasteiger partial charge in [-0.05, 0) is 18.1 Å². The van der Waals surface area contributed by atoms with Gasteiger partial charge in [-0.2, -0.15) is 4.31 Å². The number of thiophene rings is 1. The smallest absolute Gasteiger partial charge is 0.349 e. The third kappa shape index (κ3) is 4.04. The highest BCUT2D eigenvalue weighted by Crippen LogP contribution is 2.37. The molecule has 0 unspecified atom stereocenters. The Labute approximate surface area is 189 Å². The molecule has 1 saturated heterocycles. The zero-order valence-electron chi connectivity index (χ0n) is 17.2. The van der Waals surface area contributed by atoms with E-state index in [4.69, 9.17) is 4.74 Å². The summed E-state index contributed by atoms with van der Waals surface area (Å²) in [5, 5.41) is 0.351. The first-order valence-corrected chi connectivity index (χ1v) is 12.1. The van der Waals surface area contributed by atoms with Gasteiger partial charge in [-0.3, -0.25) is 14.5 Å². The molecule has 8 nitrogen and oxygen atoms in total. The quantitative estimate of drug-likeness (QED) is 0.403. The van der Waals surface area contributed by atoms with Crippen molar-refractivity contribution in [1.29, 1.82) is 0 Å². The summed E-state index contributed by atoms with van der Waals surface area (Å²) in [4.78, 5) is 38.5. The standard InChI is InChI=1S/C22H20N2O6S2/c1-30-22(27)20-21(16-9-5-6-10-17(16)31-20)32(28,29)23-13-18(25)24(19(26)14-23)12-11-15-7-3-2-4-8-15/h2-10H,11-14H2,1H3. The van der Waals surface area contributed by atoms with Crippen LogP contribution in [-0.4, -0.2) is 62.2 Å². The van der Waals surface area contributed by atoms with Gasteiger partial charge < -0.3 is 4.74 Å². The molecule has 1 aromatic heterocycles. The molecule has 1 aliphatic heterocycles. The predicted octanol–water partition coefficient (Wildman–Crippen LogP) is 2.29. The van der Waals surface area contributed by atoms with Gasteiger partial charge in [0, 0.05) is 16.6 Å². The molecule has 2 amide bonds. The molecule has 0 radical (unpaired) electrons. The zero-order chi connectivity index (χ0) is 22.9. The molecule has 2 aromatic carbocycles. The lowest BCUT2D eigenvalue weighted by atomic mass is 10.1. The normalized spacial score (nSPS) is 15.3. The summed E-state index contributed by atoms with van der Waals surface area (Å²) in [6.07, 6.45) is 0.479. The Morgan fingerprint density at radius 3 is 2.28 bits per heavy atom. The van der Waals surface area contributed by atoms with E-state index in [1.165, 1.54) is 7.11 Å². The number of fused-ring (bicyclic) bond motifs is 1. The Balaban J connectivity index is 1.62. The van der Waals surface area contributed by atoms with Crippen LogP contribution in [0.25, 0.3) is 10.1 Å². The molecule has 1 fully saturated rings. The maximum absolute atomic E-state index is 13.5. The highest BCUT2D eigenvalue weighted by Gasteiger charge is 2.40. The fraction of sp³-hybridized carbons (Fsp3) is 0.227. The summed E-state index contributed by atoms with van der Waals surface area (Å²) >= 11 is 0.995. The first kappa shape index (κ1) is 22.1. The molecule has 32 heavy (non-hydrogen) atoms. The van der Waals surface area contributed by atoms with E-state index in [2.05, 4.69) is 0 Å². The lowest BCUT2D eigenvalue weighted by Crippen LogP contribution is -2.55. The summed E-state index contributed by atoms with van der Waals surface area (Å²) in [5.74, 6) is -1.98. The van der Waals surface area contributed by atoms with Gasteiger partial charge in [-0.25, -0.2) is 13.2 Å². The van der Waals surface area contributed by atoms with Gasteiger partial charge in [-0.15, -0.1) is 11.3 Å². The van der Waals surface area contributed by atoms with Crippen molar-refractivity contribution >= 4 is 49.2 Å². The van der Waals surface area contributed by atoms with Crippen molar-refractivity contribution in [2.75, 3.05) is 26.7 Å². The summed E-state index contributed by atoms with van der Waals surface area (Å²) in [6.45, 7) is -0.786. The van der Waals surface area contributed by atoms with Crippen LogP contribution >= 0.6 is 11.3 Å². The number of methoxy groups -OCH3 is 1. The van der Waals surface area contributed by atoms with Crippen LogP contribution in [0.3, 0.4) is 0 Å². The second-order valence-corrected chi connectivity index (χ2v) is 10.1. The largest absolute Gasteiger partial charge is 0.465 e. The molecule has 0 spiro atoms. The van der Waals surface area contributed by atoms with Crippen molar-refractivity contribution in [1.82, 2.24) is 9.21 Å². The Morgan fingerprint density at radius 2 is 1.62 bits per heavy atom. The first-order chi connectivity index (χ1) is 15.3. The highest BCUT2D eigenvalue weighted by atomic mass is 32.2. The van der Waals surface area contributed by atoms with Gasteiger partial charge in [0.05, 0.1) is 20.2 Å². The average Bonchev–Trinajstić information content (AvgIpc) is 3.19. The number of benzene rings is 2. The Bertz CT molecular complexity index is 1280. The van der Waals surface area contributed by atoms with Crippen LogP contribution in [0.15, 0.2) is 59.5 Å². The number of carbonyl (C=O) groups excluding carboxylic acids is 3. The van der Waals surface area contributed by atoms with Crippen molar-refractivity contribution in [3.05, 3.63) is 65.0 Å². The molecule has 4 rings (SSSR count). The van der Waals surface area contributed by atoms with Crippen molar-refractivity contribution in [2.24, 2.45) is 0 Å². The molecule has 10 heteroatoms. The number of nitrogens with zero attached hydrogens (tertiary/aromatic N) is 2. The van der Waals surface area contributed by atoms with Gasteiger partial charge >= 0.3 is 5.97 Å². The molecule has 0 bridgehead atoms. The third-order valence-electron chi connectivity index (χ3n) is 5.21. The van der Waals surface area contributed by atoms with Crippen LogP contribution in [0.1, 0.15) is 15.2 Å². The van der Waals surface area contributed by atoms with E-state index in [-0.39, 0.29) is 16.3 Å². The minimum atomic E-state index is -4.31. The topological polar surface area (TPSA) is 101 Å². The van der Waals surface area contributed by atoms with Gasteiger partial charge in [0.1, 0.15) is 9.77 Å². The Kier molecular flexibility index (Phi) is 6.09. The van der Waals surface area contributed by atoms with E-state index in [0.29, 0.717) is 16.5 Å². The number of carbonyl (C=O) groups is 3. The number of rotatable bonds is 6. The number of ether oxygens (including phenoxy) is 1. The summed E-state index contributed by atoms with van der Waals surface area (Å²) in [7, 11) is -3.14. The number of hydrogen-bond acceptors (Lipinski definition) is 7. The highest BCUT2D eigenvalue weighted by molar-refractivity contribution is 7.89. The monoisotopic (exact) mass is 472 g/mol. The number of imide groups is 1. The number of esters is 1. The van der Waals surface area contributed by atoms with Crippen molar-refractivity contribution < 1.29 is 27.5 Å². The van der Waals surface area contributed by atoms with E-state index >= 15 is 0 Å². The fourth-order valence-electron chi connectivity index (χ4n) is 3.61. The second kappa shape index (κ2) is 8.81.